The fraction of sp³-hybridized carbons (Fsp3) is 0.400. The van der Waals surface area contributed by atoms with Crippen LogP contribution in [-0.4, -0.2) is 18.1 Å². The average molecular weight is 256 g/mol. The number of nitrogens with zero attached hydrogens (tertiary/aromatic N) is 1. The number of methoxy groups -OCH3 is 1. The molecule has 0 radical (unpaired) electrons. The highest BCUT2D eigenvalue weighted by Crippen LogP contribution is 2.47. The van der Waals surface area contributed by atoms with Crippen LogP contribution in [0.5, 0.6) is 0 Å². The van der Waals surface area contributed by atoms with Crippen molar-refractivity contribution >= 4 is 21.9 Å². The van der Waals surface area contributed by atoms with Gasteiger partial charge in [0.05, 0.1) is 13.0 Å². The molecule has 14 heavy (non-hydrogen) atoms. The first kappa shape index (κ1) is 9.65. The van der Waals surface area contributed by atoms with Crippen LogP contribution in [0.1, 0.15) is 18.0 Å². The third-order valence-electron chi connectivity index (χ3n) is 2.42. The molecule has 3 nitrogen and oxygen atoms in total. The van der Waals surface area contributed by atoms with Crippen LogP contribution in [0.25, 0.3) is 0 Å². The second kappa shape index (κ2) is 3.69. The van der Waals surface area contributed by atoms with E-state index in [9.17, 15) is 4.79 Å². The lowest BCUT2D eigenvalue weighted by Gasteiger charge is -1.98. The van der Waals surface area contributed by atoms with Gasteiger partial charge in [-0.1, -0.05) is 0 Å². The van der Waals surface area contributed by atoms with Crippen molar-refractivity contribution in [1.82, 2.24) is 4.98 Å². The van der Waals surface area contributed by atoms with Crippen LogP contribution in [0.4, 0.5) is 0 Å². The van der Waals surface area contributed by atoms with Gasteiger partial charge < -0.3 is 4.74 Å². The van der Waals surface area contributed by atoms with E-state index in [0.29, 0.717) is 0 Å². The Morgan fingerprint density at radius 3 is 3.00 bits per heavy atom. The van der Waals surface area contributed by atoms with E-state index in [2.05, 4.69) is 25.7 Å². The highest BCUT2D eigenvalue weighted by atomic mass is 79.9. The SMILES string of the molecule is COC(=O)C1CC1c1ccc(Br)cn1. The number of halogens is 1. The quantitative estimate of drug-likeness (QED) is 0.761. The molecule has 1 fully saturated rings. The molecule has 4 heteroatoms. The van der Waals surface area contributed by atoms with Crippen molar-refractivity contribution in [3.05, 3.63) is 28.5 Å². The lowest BCUT2D eigenvalue weighted by Crippen LogP contribution is -2.04. The fourth-order valence-electron chi connectivity index (χ4n) is 1.54. The van der Waals surface area contributed by atoms with E-state index >= 15 is 0 Å². The third-order valence-corrected chi connectivity index (χ3v) is 2.89. The minimum atomic E-state index is -0.125. The normalized spacial score (nSPS) is 24.4. The van der Waals surface area contributed by atoms with Crippen molar-refractivity contribution in [2.75, 3.05) is 7.11 Å². The Balaban J connectivity index is 2.06. The van der Waals surface area contributed by atoms with E-state index in [0.717, 1.165) is 16.6 Å². The van der Waals surface area contributed by atoms with Crippen LogP contribution in [-0.2, 0) is 9.53 Å². The van der Waals surface area contributed by atoms with E-state index in [1.807, 2.05) is 12.1 Å². The van der Waals surface area contributed by atoms with E-state index < -0.39 is 0 Å². The van der Waals surface area contributed by atoms with Gasteiger partial charge in [0, 0.05) is 22.3 Å². The van der Waals surface area contributed by atoms with Crippen molar-refractivity contribution in [3.63, 3.8) is 0 Å². The number of hydrogen-bond donors (Lipinski definition) is 0. The summed E-state index contributed by atoms with van der Waals surface area (Å²) in [6.45, 7) is 0. The Hall–Kier alpha value is -0.900. The monoisotopic (exact) mass is 255 g/mol. The summed E-state index contributed by atoms with van der Waals surface area (Å²) < 4.78 is 5.63. The zero-order chi connectivity index (χ0) is 10.1. The predicted molar refractivity (Wildman–Crippen MR) is 54.8 cm³/mol. The molecule has 1 saturated carbocycles. The van der Waals surface area contributed by atoms with Crippen LogP contribution >= 0.6 is 15.9 Å². The highest BCUT2D eigenvalue weighted by Gasteiger charge is 2.45. The predicted octanol–water partition coefficient (Wildman–Crippen LogP) is 2.12. The van der Waals surface area contributed by atoms with Gasteiger partial charge in [0.1, 0.15) is 0 Å². The fourth-order valence-corrected chi connectivity index (χ4v) is 1.77. The number of rotatable bonds is 2. The van der Waals surface area contributed by atoms with Gasteiger partial charge in [0.25, 0.3) is 0 Å². The van der Waals surface area contributed by atoms with Gasteiger partial charge in [-0.2, -0.15) is 0 Å². The molecule has 74 valence electrons. The molecule has 0 aliphatic heterocycles. The zero-order valence-corrected chi connectivity index (χ0v) is 9.32. The molecular formula is C10H10BrNO2. The van der Waals surface area contributed by atoms with Crippen LogP contribution in [0.15, 0.2) is 22.8 Å². The summed E-state index contributed by atoms with van der Waals surface area (Å²) in [5, 5.41) is 0. The molecule has 1 aromatic heterocycles. The molecule has 0 saturated heterocycles. The Labute approximate surface area is 90.6 Å². The number of aromatic nitrogens is 1. The number of pyridine rings is 1. The lowest BCUT2D eigenvalue weighted by molar-refractivity contribution is -0.142. The van der Waals surface area contributed by atoms with Crippen LogP contribution in [0.2, 0.25) is 0 Å². The van der Waals surface area contributed by atoms with E-state index in [-0.39, 0.29) is 17.8 Å². The van der Waals surface area contributed by atoms with Crippen LogP contribution in [0.3, 0.4) is 0 Å². The summed E-state index contributed by atoms with van der Waals surface area (Å²) in [6.07, 6.45) is 2.61. The molecular weight excluding hydrogens is 246 g/mol. The molecule has 0 amide bonds. The number of carbonyl (C=O) groups excluding carboxylic acids is 1. The minimum absolute atomic E-state index is 0.0219. The minimum Gasteiger partial charge on any atom is -0.469 e. The molecule has 0 N–H and O–H groups in total. The molecule has 1 aliphatic carbocycles. The number of hydrogen-bond acceptors (Lipinski definition) is 3. The second-order valence-electron chi connectivity index (χ2n) is 3.37. The van der Waals surface area contributed by atoms with Gasteiger partial charge in [-0.05, 0) is 34.5 Å². The topological polar surface area (TPSA) is 39.2 Å². The summed E-state index contributed by atoms with van der Waals surface area (Å²) in [4.78, 5) is 15.4. The maximum absolute atomic E-state index is 11.2. The van der Waals surface area contributed by atoms with Crippen molar-refractivity contribution < 1.29 is 9.53 Å². The number of esters is 1. The molecule has 2 atom stereocenters. The summed E-state index contributed by atoms with van der Waals surface area (Å²) in [7, 11) is 1.42. The molecule has 1 heterocycles. The molecule has 0 aromatic carbocycles. The number of ether oxygens (including phenoxy) is 1. The zero-order valence-electron chi connectivity index (χ0n) is 7.74. The first-order valence-corrected chi connectivity index (χ1v) is 5.21. The summed E-state index contributed by atoms with van der Waals surface area (Å²) in [5.41, 5.74) is 0.976. The van der Waals surface area contributed by atoms with Gasteiger partial charge in [0.15, 0.2) is 0 Å². The maximum atomic E-state index is 11.2. The van der Waals surface area contributed by atoms with Crippen LogP contribution < -0.4 is 0 Å². The van der Waals surface area contributed by atoms with Crippen molar-refractivity contribution in [2.24, 2.45) is 5.92 Å². The van der Waals surface area contributed by atoms with E-state index in [1.54, 1.807) is 6.20 Å². The number of carbonyl (C=O) groups is 1. The molecule has 2 unspecified atom stereocenters. The first-order chi connectivity index (χ1) is 6.72. The summed E-state index contributed by atoms with van der Waals surface area (Å²) in [6, 6.07) is 3.88. The van der Waals surface area contributed by atoms with Crippen molar-refractivity contribution in [2.45, 2.75) is 12.3 Å². The largest absolute Gasteiger partial charge is 0.469 e. The van der Waals surface area contributed by atoms with Gasteiger partial charge in [-0.3, -0.25) is 9.78 Å². The smallest absolute Gasteiger partial charge is 0.309 e. The van der Waals surface area contributed by atoms with E-state index in [4.69, 9.17) is 0 Å². The Morgan fingerprint density at radius 1 is 1.64 bits per heavy atom. The first-order valence-electron chi connectivity index (χ1n) is 4.41. The summed E-state index contributed by atoms with van der Waals surface area (Å²) in [5.74, 6) is 0.156. The molecule has 1 aliphatic rings. The van der Waals surface area contributed by atoms with Gasteiger partial charge in [-0.25, -0.2) is 0 Å². The van der Waals surface area contributed by atoms with Gasteiger partial charge >= 0.3 is 5.97 Å². The molecule has 0 bridgehead atoms. The standard InChI is InChI=1S/C10H10BrNO2/c1-14-10(13)8-4-7(8)9-3-2-6(11)5-12-9/h2-3,5,7-8H,4H2,1H3. The average Bonchev–Trinajstić information content (AvgIpc) is 2.98. The lowest BCUT2D eigenvalue weighted by atomic mass is 10.2. The van der Waals surface area contributed by atoms with Crippen molar-refractivity contribution in [1.29, 1.82) is 0 Å². The van der Waals surface area contributed by atoms with Gasteiger partial charge in [0.2, 0.25) is 0 Å². The molecule has 0 spiro atoms. The summed E-state index contributed by atoms with van der Waals surface area (Å²) >= 11 is 3.32. The van der Waals surface area contributed by atoms with Crippen LogP contribution in [0, 0.1) is 5.92 Å². The Kier molecular flexibility index (Phi) is 2.54. The third kappa shape index (κ3) is 1.80. The molecule has 2 rings (SSSR count). The Morgan fingerprint density at radius 2 is 2.43 bits per heavy atom. The van der Waals surface area contributed by atoms with Gasteiger partial charge in [-0.15, -0.1) is 0 Å². The van der Waals surface area contributed by atoms with Crippen molar-refractivity contribution in [3.8, 4) is 0 Å². The second-order valence-corrected chi connectivity index (χ2v) is 4.29. The Bertz CT molecular complexity index is 350. The van der Waals surface area contributed by atoms with E-state index in [1.165, 1.54) is 7.11 Å². The highest BCUT2D eigenvalue weighted by molar-refractivity contribution is 9.10. The molecule has 1 aromatic rings. The maximum Gasteiger partial charge on any atom is 0.309 e.